The third-order valence-corrected chi connectivity index (χ3v) is 2.52. The van der Waals surface area contributed by atoms with Crippen LogP contribution in [0.2, 0.25) is 0 Å². The van der Waals surface area contributed by atoms with Crippen molar-refractivity contribution < 1.29 is 19.4 Å². The number of methoxy groups -OCH3 is 2. The number of phenolic OH excluding ortho intramolecular Hbond substituents is 1. The van der Waals surface area contributed by atoms with Gasteiger partial charge in [-0.3, -0.25) is 4.79 Å². The number of amides is 1. The molecule has 5 heteroatoms. The van der Waals surface area contributed by atoms with Gasteiger partial charge in [0.25, 0.3) is 0 Å². The van der Waals surface area contributed by atoms with Gasteiger partial charge < -0.3 is 20.3 Å². The van der Waals surface area contributed by atoms with Crippen LogP contribution in [0.4, 0.5) is 0 Å². The maximum atomic E-state index is 11.3. The number of benzene rings is 1. The van der Waals surface area contributed by atoms with E-state index < -0.39 is 5.91 Å². The fourth-order valence-corrected chi connectivity index (χ4v) is 1.84. The second-order valence-corrected chi connectivity index (χ2v) is 3.40. The molecule has 3 N–H and O–H groups in total. The summed E-state index contributed by atoms with van der Waals surface area (Å²) in [5.74, 6) is -0.288. The van der Waals surface area contributed by atoms with Crippen LogP contribution in [-0.4, -0.2) is 25.2 Å². The van der Waals surface area contributed by atoms with E-state index in [0.717, 1.165) is 0 Å². The van der Waals surface area contributed by atoms with Crippen LogP contribution in [0.15, 0.2) is 0 Å². The highest BCUT2D eigenvalue weighted by Gasteiger charge is 2.23. The monoisotopic (exact) mass is 225 g/mol. The summed E-state index contributed by atoms with van der Waals surface area (Å²) < 4.78 is 10.1. The van der Waals surface area contributed by atoms with Gasteiger partial charge in [0.05, 0.1) is 19.8 Å². The normalized spacial score (nSPS) is 10.0. The van der Waals surface area contributed by atoms with Crippen molar-refractivity contribution in [2.24, 2.45) is 5.73 Å². The van der Waals surface area contributed by atoms with Crippen LogP contribution in [0.5, 0.6) is 17.2 Å². The van der Waals surface area contributed by atoms with Crippen molar-refractivity contribution in [3.63, 3.8) is 0 Å². The van der Waals surface area contributed by atoms with Crippen LogP contribution in [0, 0.1) is 13.8 Å². The fraction of sp³-hybridized carbons (Fsp3) is 0.364. The van der Waals surface area contributed by atoms with E-state index >= 15 is 0 Å². The molecule has 1 rings (SSSR count). The first-order valence-electron chi connectivity index (χ1n) is 4.69. The molecule has 1 aromatic carbocycles. The maximum Gasteiger partial charge on any atom is 0.249 e. The van der Waals surface area contributed by atoms with Gasteiger partial charge in [-0.1, -0.05) is 0 Å². The lowest BCUT2D eigenvalue weighted by molar-refractivity contribution is 0.0998. The first-order valence-corrected chi connectivity index (χ1v) is 4.69. The lowest BCUT2D eigenvalue weighted by atomic mass is 9.99. The van der Waals surface area contributed by atoms with E-state index in [1.54, 1.807) is 13.8 Å². The van der Waals surface area contributed by atoms with Crippen molar-refractivity contribution >= 4 is 5.91 Å². The Labute approximate surface area is 93.8 Å². The van der Waals surface area contributed by atoms with Gasteiger partial charge >= 0.3 is 0 Å². The first kappa shape index (κ1) is 12.2. The summed E-state index contributed by atoms with van der Waals surface area (Å²) in [5.41, 5.74) is 6.60. The zero-order valence-electron chi connectivity index (χ0n) is 9.75. The molecule has 0 aromatic heterocycles. The van der Waals surface area contributed by atoms with Gasteiger partial charge in [0.2, 0.25) is 11.7 Å². The number of rotatable bonds is 3. The average Bonchev–Trinajstić information content (AvgIpc) is 2.18. The van der Waals surface area contributed by atoms with Gasteiger partial charge in [-0.25, -0.2) is 0 Å². The van der Waals surface area contributed by atoms with E-state index in [0.29, 0.717) is 16.7 Å². The molecule has 0 saturated heterocycles. The third kappa shape index (κ3) is 1.64. The summed E-state index contributed by atoms with van der Waals surface area (Å²) in [7, 11) is 2.81. The van der Waals surface area contributed by atoms with Crippen LogP contribution in [0.25, 0.3) is 0 Å². The number of carbonyl (C=O) groups excluding carboxylic acids is 1. The molecule has 0 heterocycles. The molecule has 0 saturated carbocycles. The van der Waals surface area contributed by atoms with E-state index in [4.69, 9.17) is 15.2 Å². The number of aromatic hydroxyl groups is 1. The first-order chi connectivity index (χ1) is 7.45. The summed E-state index contributed by atoms with van der Waals surface area (Å²) in [4.78, 5) is 11.3. The van der Waals surface area contributed by atoms with Gasteiger partial charge in [-0.05, 0) is 13.8 Å². The van der Waals surface area contributed by atoms with Gasteiger partial charge in [-0.15, -0.1) is 0 Å². The molecule has 1 amide bonds. The molecule has 0 radical (unpaired) electrons. The van der Waals surface area contributed by atoms with Crippen molar-refractivity contribution in [3.05, 3.63) is 16.7 Å². The van der Waals surface area contributed by atoms with E-state index in [9.17, 15) is 9.90 Å². The number of nitrogens with two attached hydrogens (primary N) is 1. The minimum atomic E-state index is -0.577. The second-order valence-electron chi connectivity index (χ2n) is 3.40. The zero-order valence-corrected chi connectivity index (χ0v) is 9.75. The highest BCUT2D eigenvalue weighted by molar-refractivity contribution is 5.98. The Balaban J connectivity index is 3.70. The summed E-state index contributed by atoms with van der Waals surface area (Å²) in [6.45, 7) is 3.32. The van der Waals surface area contributed by atoms with E-state index in [1.165, 1.54) is 14.2 Å². The van der Waals surface area contributed by atoms with E-state index in [1.807, 2.05) is 0 Å². The predicted molar refractivity (Wildman–Crippen MR) is 59.2 cm³/mol. The minimum Gasteiger partial charge on any atom is -0.502 e. The van der Waals surface area contributed by atoms with Crippen molar-refractivity contribution in [1.82, 2.24) is 0 Å². The Morgan fingerprint density at radius 2 is 1.50 bits per heavy atom. The Morgan fingerprint density at radius 3 is 1.75 bits per heavy atom. The molecule has 0 fully saturated rings. The maximum absolute atomic E-state index is 11.3. The molecule has 1 aromatic rings. The number of hydrogen-bond donors (Lipinski definition) is 2. The van der Waals surface area contributed by atoms with Crippen molar-refractivity contribution in [2.75, 3.05) is 14.2 Å². The predicted octanol–water partition coefficient (Wildman–Crippen LogP) is 1.13. The van der Waals surface area contributed by atoms with Crippen LogP contribution < -0.4 is 15.2 Å². The molecule has 0 aliphatic rings. The molecule has 0 aliphatic carbocycles. The third-order valence-electron chi connectivity index (χ3n) is 2.52. The molecule has 5 nitrogen and oxygen atoms in total. The Hall–Kier alpha value is -1.91. The topological polar surface area (TPSA) is 81.8 Å². The van der Waals surface area contributed by atoms with Gasteiger partial charge in [0.1, 0.15) is 0 Å². The molecular weight excluding hydrogens is 210 g/mol. The molecule has 0 bridgehead atoms. The van der Waals surface area contributed by atoms with Crippen LogP contribution >= 0.6 is 0 Å². The molecule has 16 heavy (non-hydrogen) atoms. The summed E-state index contributed by atoms with van der Waals surface area (Å²) >= 11 is 0. The summed E-state index contributed by atoms with van der Waals surface area (Å²) in [5, 5.41) is 9.85. The van der Waals surface area contributed by atoms with Crippen molar-refractivity contribution in [1.29, 1.82) is 0 Å². The molecule has 88 valence electrons. The fourth-order valence-electron chi connectivity index (χ4n) is 1.84. The van der Waals surface area contributed by atoms with Gasteiger partial charge in [-0.2, -0.15) is 0 Å². The number of ether oxygens (including phenoxy) is 2. The Morgan fingerprint density at radius 1 is 1.12 bits per heavy atom. The SMILES string of the molecule is COc1c(C)c(C(N)=O)c(C)c(OC)c1O. The van der Waals surface area contributed by atoms with E-state index in [2.05, 4.69) is 0 Å². The molecule has 0 spiro atoms. The molecule has 0 unspecified atom stereocenters. The zero-order chi connectivity index (χ0) is 12.5. The van der Waals surface area contributed by atoms with Crippen molar-refractivity contribution in [2.45, 2.75) is 13.8 Å². The smallest absolute Gasteiger partial charge is 0.249 e. The standard InChI is InChI=1S/C11H15NO4/c1-5-7(11(12)14)6(2)10(16-4)8(13)9(5)15-3/h13H,1-4H3,(H2,12,14). The quantitative estimate of drug-likeness (QED) is 0.807. The highest BCUT2D eigenvalue weighted by Crippen LogP contribution is 2.43. The van der Waals surface area contributed by atoms with Crippen LogP contribution in [0.1, 0.15) is 21.5 Å². The van der Waals surface area contributed by atoms with Crippen molar-refractivity contribution in [3.8, 4) is 17.2 Å². The lowest BCUT2D eigenvalue weighted by Crippen LogP contribution is -2.16. The van der Waals surface area contributed by atoms with Crippen LogP contribution in [0.3, 0.4) is 0 Å². The molecular formula is C11H15NO4. The largest absolute Gasteiger partial charge is 0.502 e. The average molecular weight is 225 g/mol. The molecule has 0 atom stereocenters. The lowest BCUT2D eigenvalue weighted by Gasteiger charge is -2.17. The van der Waals surface area contributed by atoms with Gasteiger partial charge in [0.15, 0.2) is 11.5 Å². The molecule has 0 aliphatic heterocycles. The number of carbonyl (C=O) groups is 1. The van der Waals surface area contributed by atoms with Crippen LogP contribution in [-0.2, 0) is 0 Å². The van der Waals surface area contributed by atoms with E-state index in [-0.39, 0.29) is 17.2 Å². The summed E-state index contributed by atoms with van der Waals surface area (Å²) in [6, 6.07) is 0. The minimum absolute atomic E-state index is 0.120. The van der Waals surface area contributed by atoms with Gasteiger partial charge in [0, 0.05) is 11.1 Å². The highest BCUT2D eigenvalue weighted by atomic mass is 16.5. The number of primary amides is 1. The number of hydrogen-bond acceptors (Lipinski definition) is 4. The number of phenols is 1. The Bertz CT molecular complexity index is 409. The second kappa shape index (κ2) is 4.30. The Kier molecular flexibility index (Phi) is 3.27. The summed E-state index contributed by atoms with van der Waals surface area (Å²) in [6.07, 6.45) is 0.